The van der Waals surface area contributed by atoms with Gasteiger partial charge in [0.05, 0.1) is 17.0 Å². The van der Waals surface area contributed by atoms with E-state index in [2.05, 4.69) is 32.2 Å². The van der Waals surface area contributed by atoms with Crippen LogP contribution in [0.1, 0.15) is 59.2 Å². The van der Waals surface area contributed by atoms with E-state index in [-0.39, 0.29) is 11.9 Å². The highest BCUT2D eigenvalue weighted by atomic mass is 16.1. The van der Waals surface area contributed by atoms with Crippen LogP contribution in [0, 0.1) is 20.8 Å². The van der Waals surface area contributed by atoms with Crippen molar-refractivity contribution in [3.63, 3.8) is 0 Å². The number of anilines is 1. The van der Waals surface area contributed by atoms with E-state index in [0.717, 1.165) is 42.5 Å². The van der Waals surface area contributed by atoms with Gasteiger partial charge >= 0.3 is 0 Å². The number of aromatic nitrogens is 4. The van der Waals surface area contributed by atoms with Gasteiger partial charge in [-0.3, -0.25) is 9.48 Å². The molecule has 7 nitrogen and oxygen atoms in total. The Hall–Kier alpha value is -2.44. The number of rotatable bonds is 5. The molecule has 2 aromatic heterocycles. The van der Waals surface area contributed by atoms with Crippen molar-refractivity contribution < 1.29 is 4.79 Å². The summed E-state index contributed by atoms with van der Waals surface area (Å²) >= 11 is 0. The summed E-state index contributed by atoms with van der Waals surface area (Å²) in [5.41, 5.74) is 4.62. The molecule has 0 radical (unpaired) electrons. The molecule has 1 aliphatic rings. The standard InChI is InChI=1S/C20H30N6O/c1-13(11-17-15(3)24-25(5)16(17)4)22-19(27)18-12-21-20(23-14(18)2)26-9-7-6-8-10-26/h12-13H,6-11H2,1-5H3,(H,22,27)/t13-/m1/s1. The first kappa shape index (κ1) is 19.3. The Labute approximate surface area is 161 Å². The van der Waals surface area contributed by atoms with E-state index in [4.69, 9.17) is 0 Å². The minimum absolute atomic E-state index is 0.000251. The van der Waals surface area contributed by atoms with Gasteiger partial charge in [-0.25, -0.2) is 9.97 Å². The van der Waals surface area contributed by atoms with Crippen molar-refractivity contribution in [2.24, 2.45) is 7.05 Å². The zero-order valence-electron chi connectivity index (χ0n) is 17.0. The average molecular weight is 371 g/mol. The maximum Gasteiger partial charge on any atom is 0.254 e. The number of amides is 1. The summed E-state index contributed by atoms with van der Waals surface area (Å²) in [7, 11) is 1.94. The van der Waals surface area contributed by atoms with Crippen molar-refractivity contribution in [2.45, 2.75) is 59.4 Å². The lowest BCUT2D eigenvalue weighted by atomic mass is 10.0. The van der Waals surface area contributed by atoms with E-state index in [0.29, 0.717) is 5.56 Å². The lowest BCUT2D eigenvalue weighted by molar-refractivity contribution is 0.0938. The SMILES string of the molecule is Cc1nc(N2CCCCC2)ncc1C(=O)N[C@H](C)Cc1c(C)nn(C)c1C. The normalized spacial score (nSPS) is 15.7. The van der Waals surface area contributed by atoms with E-state index in [9.17, 15) is 4.79 Å². The van der Waals surface area contributed by atoms with Crippen LogP contribution in [0.15, 0.2) is 6.20 Å². The summed E-state index contributed by atoms with van der Waals surface area (Å²) < 4.78 is 1.89. The van der Waals surface area contributed by atoms with E-state index in [1.54, 1.807) is 6.20 Å². The van der Waals surface area contributed by atoms with Gasteiger partial charge in [-0.2, -0.15) is 5.10 Å². The van der Waals surface area contributed by atoms with Crippen LogP contribution in [0.5, 0.6) is 0 Å². The number of piperidine rings is 1. The van der Waals surface area contributed by atoms with Crippen molar-refractivity contribution >= 4 is 11.9 Å². The molecular formula is C20H30N6O. The Morgan fingerprint density at radius 3 is 2.48 bits per heavy atom. The molecular weight excluding hydrogens is 340 g/mol. The van der Waals surface area contributed by atoms with Crippen LogP contribution in [0.2, 0.25) is 0 Å². The molecule has 0 aliphatic carbocycles. The van der Waals surface area contributed by atoms with Gasteiger partial charge in [0.25, 0.3) is 5.91 Å². The molecule has 1 atom stereocenters. The molecule has 1 fully saturated rings. The summed E-state index contributed by atoms with van der Waals surface area (Å²) in [6, 6.07) is 0.000251. The fourth-order valence-electron chi connectivity index (χ4n) is 3.70. The molecule has 1 amide bonds. The molecule has 0 saturated carbocycles. The predicted octanol–water partition coefficient (Wildman–Crippen LogP) is 2.49. The first-order valence-corrected chi connectivity index (χ1v) is 9.75. The number of nitrogens with zero attached hydrogens (tertiary/aromatic N) is 5. The van der Waals surface area contributed by atoms with Crippen LogP contribution in [0.4, 0.5) is 5.95 Å². The summed E-state index contributed by atoms with van der Waals surface area (Å²) in [5, 5.41) is 7.53. The van der Waals surface area contributed by atoms with Gasteiger partial charge in [-0.1, -0.05) is 0 Å². The Balaban J connectivity index is 1.66. The molecule has 1 saturated heterocycles. The molecule has 3 rings (SSSR count). The van der Waals surface area contributed by atoms with Crippen molar-refractivity contribution in [2.75, 3.05) is 18.0 Å². The zero-order valence-corrected chi connectivity index (χ0v) is 17.0. The summed E-state index contributed by atoms with van der Waals surface area (Å²) in [6.45, 7) is 9.94. The van der Waals surface area contributed by atoms with Gasteiger partial charge in [0.15, 0.2) is 0 Å². The molecule has 0 bridgehead atoms. The number of nitrogens with one attached hydrogen (secondary N) is 1. The minimum Gasteiger partial charge on any atom is -0.349 e. The number of hydrogen-bond donors (Lipinski definition) is 1. The Bertz CT molecular complexity index is 822. The van der Waals surface area contributed by atoms with E-state index >= 15 is 0 Å². The average Bonchev–Trinajstić information content (AvgIpc) is 2.88. The molecule has 27 heavy (non-hydrogen) atoms. The van der Waals surface area contributed by atoms with Gasteiger partial charge in [-0.15, -0.1) is 0 Å². The van der Waals surface area contributed by atoms with Crippen molar-refractivity contribution in [3.8, 4) is 0 Å². The maximum atomic E-state index is 12.7. The largest absolute Gasteiger partial charge is 0.349 e. The monoisotopic (exact) mass is 370 g/mol. The first-order valence-electron chi connectivity index (χ1n) is 9.75. The van der Waals surface area contributed by atoms with Crippen molar-refractivity contribution in [1.82, 2.24) is 25.1 Å². The Kier molecular flexibility index (Phi) is 5.77. The number of carbonyl (C=O) groups excluding carboxylic acids is 1. The van der Waals surface area contributed by atoms with Crippen LogP contribution < -0.4 is 10.2 Å². The Morgan fingerprint density at radius 2 is 1.89 bits per heavy atom. The van der Waals surface area contributed by atoms with Crippen LogP contribution >= 0.6 is 0 Å². The highest BCUT2D eigenvalue weighted by Crippen LogP contribution is 2.18. The van der Waals surface area contributed by atoms with Gasteiger partial charge < -0.3 is 10.2 Å². The number of carbonyl (C=O) groups is 1. The second kappa shape index (κ2) is 8.06. The molecule has 1 aliphatic heterocycles. The molecule has 0 spiro atoms. The third kappa shape index (κ3) is 4.28. The van der Waals surface area contributed by atoms with E-state index in [1.165, 1.54) is 24.8 Å². The maximum absolute atomic E-state index is 12.7. The topological polar surface area (TPSA) is 75.9 Å². The Morgan fingerprint density at radius 1 is 1.19 bits per heavy atom. The van der Waals surface area contributed by atoms with Gasteiger partial charge in [-0.05, 0) is 58.9 Å². The smallest absolute Gasteiger partial charge is 0.254 e. The van der Waals surface area contributed by atoms with Gasteiger partial charge in [0.2, 0.25) is 5.95 Å². The highest BCUT2D eigenvalue weighted by molar-refractivity contribution is 5.95. The number of hydrogen-bond acceptors (Lipinski definition) is 5. The van der Waals surface area contributed by atoms with Crippen LogP contribution in [0.3, 0.4) is 0 Å². The predicted molar refractivity (Wildman–Crippen MR) is 106 cm³/mol. The molecule has 0 unspecified atom stereocenters. The highest BCUT2D eigenvalue weighted by Gasteiger charge is 2.19. The van der Waals surface area contributed by atoms with Gasteiger partial charge in [0.1, 0.15) is 0 Å². The minimum atomic E-state index is -0.121. The first-order chi connectivity index (χ1) is 12.9. The second-order valence-corrected chi connectivity index (χ2v) is 7.57. The molecule has 0 aromatic carbocycles. The van der Waals surface area contributed by atoms with E-state index < -0.39 is 0 Å². The quantitative estimate of drug-likeness (QED) is 0.875. The van der Waals surface area contributed by atoms with Gasteiger partial charge in [0, 0.05) is 38.1 Å². The molecule has 2 aromatic rings. The lowest BCUT2D eigenvalue weighted by Gasteiger charge is -2.27. The summed E-state index contributed by atoms with van der Waals surface area (Å²) in [5.74, 6) is 0.614. The second-order valence-electron chi connectivity index (χ2n) is 7.57. The lowest BCUT2D eigenvalue weighted by Crippen LogP contribution is -2.35. The summed E-state index contributed by atoms with van der Waals surface area (Å²) in [4.78, 5) is 23.9. The fraction of sp³-hybridized carbons (Fsp3) is 0.600. The van der Waals surface area contributed by atoms with Crippen molar-refractivity contribution in [3.05, 3.63) is 34.4 Å². The van der Waals surface area contributed by atoms with E-state index in [1.807, 2.05) is 32.5 Å². The summed E-state index contributed by atoms with van der Waals surface area (Å²) in [6.07, 6.45) is 6.03. The fourth-order valence-corrected chi connectivity index (χ4v) is 3.70. The van der Waals surface area contributed by atoms with Crippen LogP contribution in [-0.4, -0.2) is 44.8 Å². The van der Waals surface area contributed by atoms with Crippen molar-refractivity contribution in [1.29, 1.82) is 0 Å². The number of aryl methyl sites for hydroxylation is 3. The molecule has 3 heterocycles. The van der Waals surface area contributed by atoms with Crippen LogP contribution in [-0.2, 0) is 13.5 Å². The molecule has 7 heteroatoms. The third-order valence-electron chi connectivity index (χ3n) is 5.40. The zero-order chi connectivity index (χ0) is 19.6. The third-order valence-corrected chi connectivity index (χ3v) is 5.40. The molecule has 146 valence electrons. The molecule has 1 N–H and O–H groups in total. The van der Waals surface area contributed by atoms with Crippen LogP contribution in [0.25, 0.3) is 0 Å².